The van der Waals surface area contributed by atoms with Crippen molar-refractivity contribution < 1.29 is 9.53 Å². The van der Waals surface area contributed by atoms with Crippen molar-refractivity contribution in [3.63, 3.8) is 0 Å². The molecule has 0 atom stereocenters. The van der Waals surface area contributed by atoms with Gasteiger partial charge in [0.05, 0.1) is 6.54 Å². The predicted molar refractivity (Wildman–Crippen MR) is 96.6 cm³/mol. The van der Waals surface area contributed by atoms with E-state index in [0.717, 1.165) is 37.2 Å². The molecule has 134 valence electrons. The molecule has 1 fully saturated rings. The molecule has 1 aliphatic rings. The minimum absolute atomic E-state index is 0.102. The Hall–Kier alpha value is -2.34. The molecule has 0 spiro atoms. The summed E-state index contributed by atoms with van der Waals surface area (Å²) in [6.07, 6.45) is 5.12. The molecule has 3 rings (SSSR count). The second kappa shape index (κ2) is 7.70. The summed E-state index contributed by atoms with van der Waals surface area (Å²) in [5.74, 6) is 0.940. The molecular formula is C19H26N4O2. The van der Waals surface area contributed by atoms with Gasteiger partial charge in [0.25, 0.3) is 5.91 Å². The molecule has 2 heterocycles. The Labute approximate surface area is 148 Å². The molecular weight excluding hydrogens is 316 g/mol. The number of hydrogen-bond acceptors (Lipinski definition) is 4. The van der Waals surface area contributed by atoms with Gasteiger partial charge in [-0.25, -0.2) is 0 Å². The maximum absolute atomic E-state index is 13.2. The molecule has 0 aliphatic carbocycles. The highest BCUT2D eigenvalue weighted by atomic mass is 16.5. The molecule has 1 aromatic carbocycles. The Balaban J connectivity index is 1.63. The van der Waals surface area contributed by atoms with E-state index in [-0.39, 0.29) is 5.91 Å². The zero-order chi connectivity index (χ0) is 17.7. The number of nitrogens with one attached hydrogen (secondary N) is 1. The zero-order valence-electron chi connectivity index (χ0n) is 14.9. The lowest BCUT2D eigenvalue weighted by Crippen LogP contribution is -2.55. The lowest BCUT2D eigenvalue weighted by Gasteiger charge is -2.39. The number of aromatic nitrogens is 2. The summed E-state index contributed by atoms with van der Waals surface area (Å²) in [5.41, 5.74) is 0.571. The van der Waals surface area contributed by atoms with Crippen molar-refractivity contribution in [1.29, 1.82) is 0 Å². The molecule has 0 unspecified atom stereocenters. The van der Waals surface area contributed by atoms with Crippen LogP contribution in [-0.2, 0) is 10.3 Å². The van der Waals surface area contributed by atoms with Crippen LogP contribution in [0.15, 0.2) is 42.7 Å². The largest absolute Gasteiger partial charge is 0.492 e. The summed E-state index contributed by atoms with van der Waals surface area (Å²) in [6, 6.07) is 9.82. The first-order valence-corrected chi connectivity index (χ1v) is 8.78. The molecule has 6 heteroatoms. The van der Waals surface area contributed by atoms with Crippen LogP contribution in [-0.4, -0.2) is 53.9 Å². The number of nitrogens with zero attached hydrogens (tertiary/aromatic N) is 3. The Morgan fingerprint density at radius 3 is 2.84 bits per heavy atom. The van der Waals surface area contributed by atoms with Crippen LogP contribution < -0.4 is 10.1 Å². The zero-order valence-corrected chi connectivity index (χ0v) is 14.9. The summed E-state index contributed by atoms with van der Waals surface area (Å²) < 4.78 is 7.62. The topological polar surface area (TPSA) is 59.4 Å². The third-order valence-electron chi connectivity index (χ3n) is 4.80. The normalized spacial score (nSPS) is 16.4. The summed E-state index contributed by atoms with van der Waals surface area (Å²) in [5, 5.41) is 7.69. The predicted octanol–water partition coefficient (Wildman–Crippen LogP) is 1.81. The number of likely N-dealkylation sites (N-methyl/N-ethyl adjacent to an activating group) is 1. The number of carbonyl (C=O) groups is 1. The summed E-state index contributed by atoms with van der Waals surface area (Å²) in [7, 11) is 1.84. The van der Waals surface area contributed by atoms with E-state index in [1.165, 1.54) is 0 Å². The van der Waals surface area contributed by atoms with E-state index in [0.29, 0.717) is 13.2 Å². The molecule has 25 heavy (non-hydrogen) atoms. The van der Waals surface area contributed by atoms with Gasteiger partial charge >= 0.3 is 0 Å². The molecule has 1 saturated heterocycles. The van der Waals surface area contributed by atoms with E-state index in [1.54, 1.807) is 11.1 Å². The van der Waals surface area contributed by atoms with Crippen LogP contribution in [0.25, 0.3) is 0 Å². The van der Waals surface area contributed by atoms with Crippen molar-refractivity contribution in [2.75, 3.05) is 33.3 Å². The highest BCUT2D eigenvalue weighted by molar-refractivity contribution is 5.84. The van der Waals surface area contributed by atoms with E-state index >= 15 is 0 Å². The molecule has 1 aromatic heterocycles. The Bertz CT molecular complexity index is 693. The van der Waals surface area contributed by atoms with Gasteiger partial charge in [-0.15, -0.1) is 0 Å². The molecule has 1 amide bonds. The number of amides is 1. The number of piperidine rings is 1. The van der Waals surface area contributed by atoms with E-state index in [1.807, 2.05) is 55.2 Å². The smallest absolute Gasteiger partial charge is 0.250 e. The fraction of sp³-hybridized carbons (Fsp3) is 0.474. The Kier molecular flexibility index (Phi) is 5.38. The maximum atomic E-state index is 13.2. The number of carbonyl (C=O) groups excluding carboxylic acids is 1. The third-order valence-corrected chi connectivity index (χ3v) is 4.80. The second-order valence-corrected chi connectivity index (χ2v) is 6.62. The molecule has 0 radical (unpaired) electrons. The van der Waals surface area contributed by atoms with Gasteiger partial charge in [0.15, 0.2) is 0 Å². The first kappa shape index (κ1) is 17.5. The van der Waals surface area contributed by atoms with Gasteiger partial charge in [0.2, 0.25) is 0 Å². The quantitative estimate of drug-likeness (QED) is 0.870. The summed E-state index contributed by atoms with van der Waals surface area (Å²) >= 11 is 0. The van der Waals surface area contributed by atoms with E-state index in [4.69, 9.17) is 4.74 Å². The van der Waals surface area contributed by atoms with E-state index < -0.39 is 5.54 Å². The number of hydrogen-bond donors (Lipinski definition) is 1. The number of rotatable bonds is 6. The van der Waals surface area contributed by atoms with Crippen molar-refractivity contribution in [2.45, 2.75) is 25.3 Å². The van der Waals surface area contributed by atoms with Crippen LogP contribution in [0.1, 0.15) is 18.4 Å². The van der Waals surface area contributed by atoms with Crippen LogP contribution in [0.2, 0.25) is 0 Å². The van der Waals surface area contributed by atoms with E-state index in [9.17, 15) is 4.79 Å². The standard InChI is InChI=1S/C19H26N4O2/c1-16-5-3-6-17(15-16)25-14-13-22(2)18(24)19(7-10-20-11-8-19)23-12-4-9-21-23/h3-6,9,12,15,20H,7-8,10-11,13-14H2,1-2H3. The highest BCUT2D eigenvalue weighted by Gasteiger charge is 2.43. The Morgan fingerprint density at radius 1 is 1.36 bits per heavy atom. The van der Waals surface area contributed by atoms with Crippen molar-refractivity contribution in [3.05, 3.63) is 48.3 Å². The first-order valence-electron chi connectivity index (χ1n) is 8.78. The van der Waals surface area contributed by atoms with Crippen LogP contribution >= 0.6 is 0 Å². The monoisotopic (exact) mass is 342 g/mol. The van der Waals surface area contributed by atoms with Gasteiger partial charge < -0.3 is 15.0 Å². The molecule has 2 aromatic rings. The SMILES string of the molecule is Cc1cccc(OCCN(C)C(=O)C2(n3cccn3)CCNCC2)c1. The fourth-order valence-electron chi connectivity index (χ4n) is 3.37. The van der Waals surface area contributed by atoms with Gasteiger partial charge in [-0.05, 0) is 56.6 Å². The van der Waals surface area contributed by atoms with Crippen molar-refractivity contribution in [2.24, 2.45) is 0 Å². The third kappa shape index (κ3) is 3.85. The second-order valence-electron chi connectivity index (χ2n) is 6.62. The van der Waals surface area contributed by atoms with Gasteiger partial charge in [0, 0.05) is 19.4 Å². The van der Waals surface area contributed by atoms with Crippen LogP contribution in [0.4, 0.5) is 0 Å². The average molecular weight is 342 g/mol. The molecule has 1 N–H and O–H groups in total. The molecule has 0 saturated carbocycles. The minimum atomic E-state index is -0.590. The summed E-state index contributed by atoms with van der Waals surface area (Å²) in [6.45, 7) is 4.69. The number of aryl methyl sites for hydroxylation is 1. The van der Waals surface area contributed by atoms with Gasteiger partial charge in [-0.2, -0.15) is 5.10 Å². The van der Waals surface area contributed by atoms with Crippen LogP contribution in [0, 0.1) is 6.92 Å². The maximum Gasteiger partial charge on any atom is 0.250 e. The fourth-order valence-corrected chi connectivity index (χ4v) is 3.37. The van der Waals surface area contributed by atoms with Crippen LogP contribution in [0.5, 0.6) is 5.75 Å². The molecule has 0 bridgehead atoms. The van der Waals surface area contributed by atoms with Gasteiger partial charge in [-0.1, -0.05) is 12.1 Å². The van der Waals surface area contributed by atoms with Crippen LogP contribution in [0.3, 0.4) is 0 Å². The van der Waals surface area contributed by atoms with E-state index in [2.05, 4.69) is 10.4 Å². The molecule has 1 aliphatic heterocycles. The van der Waals surface area contributed by atoms with Crippen molar-refractivity contribution >= 4 is 5.91 Å². The lowest BCUT2D eigenvalue weighted by molar-refractivity contribution is -0.142. The number of benzene rings is 1. The summed E-state index contributed by atoms with van der Waals surface area (Å²) in [4.78, 5) is 15.0. The average Bonchev–Trinajstić information content (AvgIpc) is 3.17. The van der Waals surface area contributed by atoms with Gasteiger partial charge in [-0.3, -0.25) is 9.48 Å². The first-order chi connectivity index (χ1) is 12.1. The van der Waals surface area contributed by atoms with Crippen molar-refractivity contribution in [1.82, 2.24) is 20.0 Å². The number of ether oxygens (including phenoxy) is 1. The lowest BCUT2D eigenvalue weighted by atomic mass is 9.87. The van der Waals surface area contributed by atoms with Gasteiger partial charge in [0.1, 0.15) is 17.9 Å². The minimum Gasteiger partial charge on any atom is -0.492 e. The Morgan fingerprint density at radius 2 is 2.16 bits per heavy atom. The van der Waals surface area contributed by atoms with Crippen molar-refractivity contribution in [3.8, 4) is 5.75 Å². The molecule has 6 nitrogen and oxygen atoms in total. The highest BCUT2D eigenvalue weighted by Crippen LogP contribution is 2.29.